The number of methoxy groups -OCH3 is 1. The van der Waals surface area contributed by atoms with Crippen LogP contribution in [0.3, 0.4) is 0 Å². The van der Waals surface area contributed by atoms with Crippen molar-refractivity contribution in [3.05, 3.63) is 23.8 Å². The molecule has 1 saturated carbocycles. The van der Waals surface area contributed by atoms with E-state index in [1.807, 2.05) is 0 Å². The second kappa shape index (κ2) is 6.34. The molecule has 7 heteroatoms. The molecule has 1 aromatic carbocycles. The molecule has 6 nitrogen and oxygen atoms in total. The van der Waals surface area contributed by atoms with Gasteiger partial charge < -0.3 is 10.5 Å². The topological polar surface area (TPSA) is 105 Å². The molecular weight excluding hydrogens is 290 g/mol. The number of amidine groups is 1. The summed E-state index contributed by atoms with van der Waals surface area (Å²) in [4.78, 5) is 0. The highest BCUT2D eigenvalue weighted by Gasteiger charge is 2.28. The Bertz CT molecular complexity index is 622. The fourth-order valence-electron chi connectivity index (χ4n) is 2.56. The smallest absolute Gasteiger partial charge is 0.235 e. The lowest BCUT2D eigenvalue weighted by Crippen LogP contribution is -2.29. The lowest BCUT2D eigenvalue weighted by Gasteiger charge is -2.23. The van der Waals surface area contributed by atoms with Gasteiger partial charge in [-0.2, -0.15) is 0 Å². The van der Waals surface area contributed by atoms with Crippen LogP contribution >= 0.6 is 0 Å². The number of nitrogen functional groups attached to an aromatic ring is 1. The summed E-state index contributed by atoms with van der Waals surface area (Å²) in [6.45, 7) is 0. The van der Waals surface area contributed by atoms with E-state index in [-0.39, 0.29) is 11.1 Å². The SMILES string of the molecule is COc1cc(C(=N)N)ccc1NS(=O)(=O)C1CCCCC1. The van der Waals surface area contributed by atoms with Crippen LogP contribution < -0.4 is 15.2 Å². The van der Waals surface area contributed by atoms with Crippen molar-refractivity contribution >= 4 is 21.5 Å². The molecule has 0 spiro atoms. The second-order valence-corrected chi connectivity index (χ2v) is 7.20. The number of hydrogen-bond donors (Lipinski definition) is 3. The molecule has 0 atom stereocenters. The van der Waals surface area contributed by atoms with Crippen molar-refractivity contribution in [2.75, 3.05) is 11.8 Å². The molecule has 1 fully saturated rings. The van der Waals surface area contributed by atoms with E-state index in [1.165, 1.54) is 7.11 Å². The fourth-order valence-corrected chi connectivity index (χ4v) is 4.15. The number of ether oxygens (including phenoxy) is 1. The first-order chi connectivity index (χ1) is 9.94. The van der Waals surface area contributed by atoms with Crippen LogP contribution in [0.5, 0.6) is 5.75 Å². The van der Waals surface area contributed by atoms with Gasteiger partial charge in [-0.15, -0.1) is 0 Å². The van der Waals surface area contributed by atoms with Crippen molar-refractivity contribution in [1.29, 1.82) is 5.41 Å². The summed E-state index contributed by atoms with van der Waals surface area (Å²) in [7, 11) is -1.96. The molecule has 1 aliphatic carbocycles. The Labute approximate surface area is 125 Å². The van der Waals surface area contributed by atoms with Crippen LogP contribution in [0.15, 0.2) is 18.2 Å². The average Bonchev–Trinajstić information content (AvgIpc) is 2.48. The summed E-state index contributed by atoms with van der Waals surface area (Å²) in [6, 6.07) is 4.74. The molecule has 0 amide bonds. The van der Waals surface area contributed by atoms with E-state index in [4.69, 9.17) is 15.9 Å². The van der Waals surface area contributed by atoms with Crippen LogP contribution in [0, 0.1) is 5.41 Å². The molecule has 21 heavy (non-hydrogen) atoms. The number of anilines is 1. The monoisotopic (exact) mass is 311 g/mol. The fraction of sp³-hybridized carbons (Fsp3) is 0.500. The van der Waals surface area contributed by atoms with Crippen molar-refractivity contribution in [1.82, 2.24) is 0 Å². The third-order valence-electron chi connectivity index (χ3n) is 3.76. The Balaban J connectivity index is 2.23. The van der Waals surface area contributed by atoms with Gasteiger partial charge in [0.2, 0.25) is 10.0 Å². The van der Waals surface area contributed by atoms with Gasteiger partial charge in [0.25, 0.3) is 0 Å². The standard InChI is InChI=1S/C14H21N3O3S/c1-20-13-9-10(14(15)16)7-8-12(13)17-21(18,19)11-5-3-2-4-6-11/h7-9,11,17H,2-6H2,1H3,(H3,15,16). The lowest BCUT2D eigenvalue weighted by molar-refractivity contribution is 0.416. The first-order valence-corrected chi connectivity index (χ1v) is 8.53. The summed E-state index contributed by atoms with van der Waals surface area (Å²) in [5, 5.41) is 7.06. The van der Waals surface area contributed by atoms with Gasteiger partial charge in [0.1, 0.15) is 11.6 Å². The van der Waals surface area contributed by atoms with E-state index in [2.05, 4.69) is 4.72 Å². The minimum Gasteiger partial charge on any atom is -0.495 e. The molecule has 0 unspecified atom stereocenters. The molecule has 0 aliphatic heterocycles. The van der Waals surface area contributed by atoms with Gasteiger partial charge in [0.05, 0.1) is 18.0 Å². The van der Waals surface area contributed by atoms with Crippen molar-refractivity contribution in [2.45, 2.75) is 37.4 Å². The Morgan fingerprint density at radius 3 is 2.57 bits per heavy atom. The van der Waals surface area contributed by atoms with E-state index in [0.29, 0.717) is 29.8 Å². The molecule has 0 bridgehead atoms. The number of nitrogens with two attached hydrogens (primary N) is 1. The summed E-state index contributed by atoms with van der Waals surface area (Å²) in [6.07, 6.45) is 4.40. The second-order valence-electron chi connectivity index (χ2n) is 5.24. The third-order valence-corrected chi connectivity index (χ3v) is 5.61. The van der Waals surface area contributed by atoms with Crippen LogP contribution in [-0.4, -0.2) is 26.6 Å². The van der Waals surface area contributed by atoms with Gasteiger partial charge in [0, 0.05) is 5.56 Å². The predicted octanol–water partition coefficient (Wildman–Crippen LogP) is 2.05. The van der Waals surface area contributed by atoms with Gasteiger partial charge in [0.15, 0.2) is 0 Å². The number of hydrogen-bond acceptors (Lipinski definition) is 4. The number of nitrogens with one attached hydrogen (secondary N) is 2. The van der Waals surface area contributed by atoms with Crippen LogP contribution in [-0.2, 0) is 10.0 Å². The van der Waals surface area contributed by atoms with Gasteiger partial charge in [-0.3, -0.25) is 10.1 Å². The Morgan fingerprint density at radius 2 is 2.00 bits per heavy atom. The Morgan fingerprint density at radius 1 is 1.33 bits per heavy atom. The van der Waals surface area contributed by atoms with Crippen molar-refractivity contribution in [2.24, 2.45) is 5.73 Å². The Kier molecular flexibility index (Phi) is 4.72. The van der Waals surface area contributed by atoms with E-state index < -0.39 is 10.0 Å². The zero-order valence-corrected chi connectivity index (χ0v) is 12.9. The Hall–Kier alpha value is -1.76. The highest BCUT2D eigenvalue weighted by atomic mass is 32.2. The van der Waals surface area contributed by atoms with Crippen LogP contribution in [0.1, 0.15) is 37.7 Å². The third kappa shape index (κ3) is 3.66. The minimum atomic E-state index is -3.42. The van der Waals surface area contributed by atoms with Gasteiger partial charge in [-0.1, -0.05) is 19.3 Å². The molecule has 4 N–H and O–H groups in total. The zero-order chi connectivity index (χ0) is 15.5. The number of sulfonamides is 1. The molecule has 116 valence electrons. The maximum absolute atomic E-state index is 12.4. The molecule has 0 radical (unpaired) electrons. The molecule has 0 aromatic heterocycles. The predicted molar refractivity (Wildman–Crippen MR) is 83.4 cm³/mol. The average molecular weight is 311 g/mol. The van der Waals surface area contributed by atoms with Crippen LogP contribution in [0.2, 0.25) is 0 Å². The zero-order valence-electron chi connectivity index (χ0n) is 12.1. The first-order valence-electron chi connectivity index (χ1n) is 6.98. The highest BCUT2D eigenvalue weighted by Crippen LogP contribution is 2.30. The first kappa shape index (κ1) is 15.6. The molecule has 0 heterocycles. The lowest BCUT2D eigenvalue weighted by atomic mass is 10.0. The van der Waals surface area contributed by atoms with E-state index >= 15 is 0 Å². The van der Waals surface area contributed by atoms with Gasteiger partial charge >= 0.3 is 0 Å². The van der Waals surface area contributed by atoms with Crippen molar-refractivity contribution < 1.29 is 13.2 Å². The van der Waals surface area contributed by atoms with Crippen LogP contribution in [0.4, 0.5) is 5.69 Å². The summed E-state index contributed by atoms with van der Waals surface area (Å²) in [5.41, 5.74) is 6.30. The number of rotatable bonds is 5. The highest BCUT2D eigenvalue weighted by molar-refractivity contribution is 7.93. The van der Waals surface area contributed by atoms with E-state index in [9.17, 15) is 8.42 Å². The quantitative estimate of drug-likeness (QED) is 0.571. The van der Waals surface area contributed by atoms with Crippen molar-refractivity contribution in [3.63, 3.8) is 0 Å². The largest absolute Gasteiger partial charge is 0.495 e. The summed E-state index contributed by atoms with van der Waals surface area (Å²) >= 11 is 0. The summed E-state index contributed by atoms with van der Waals surface area (Å²) < 4.78 is 32.6. The van der Waals surface area contributed by atoms with Gasteiger partial charge in [-0.05, 0) is 31.0 Å². The number of benzene rings is 1. The molecule has 1 aliphatic rings. The van der Waals surface area contributed by atoms with Crippen LogP contribution in [0.25, 0.3) is 0 Å². The normalized spacial score (nSPS) is 16.4. The summed E-state index contributed by atoms with van der Waals surface area (Å²) in [5.74, 6) is 0.275. The van der Waals surface area contributed by atoms with E-state index in [0.717, 1.165) is 19.3 Å². The minimum absolute atomic E-state index is 0.0880. The molecule has 1 aromatic rings. The maximum atomic E-state index is 12.4. The van der Waals surface area contributed by atoms with E-state index in [1.54, 1.807) is 18.2 Å². The maximum Gasteiger partial charge on any atom is 0.235 e. The van der Waals surface area contributed by atoms with Crippen molar-refractivity contribution in [3.8, 4) is 5.75 Å². The molecular formula is C14H21N3O3S. The molecule has 2 rings (SSSR count). The molecule has 0 saturated heterocycles. The van der Waals surface area contributed by atoms with Gasteiger partial charge in [-0.25, -0.2) is 8.42 Å².